The summed E-state index contributed by atoms with van der Waals surface area (Å²) in [5, 5.41) is 0. The third kappa shape index (κ3) is 23.5. The molecule has 0 unspecified atom stereocenters. The van der Waals surface area contributed by atoms with E-state index in [2.05, 4.69) is 13.8 Å². The van der Waals surface area contributed by atoms with E-state index in [0.29, 0.717) is 13.0 Å². The highest BCUT2D eigenvalue weighted by molar-refractivity contribution is 5.69. The molecule has 0 aromatic heterocycles. The Morgan fingerprint density at radius 1 is 0.464 bits per heavy atom. The second-order valence-electron chi connectivity index (χ2n) is 8.69. The first-order valence-electron chi connectivity index (χ1n) is 13.0. The lowest BCUT2D eigenvalue weighted by Crippen LogP contribution is -2.05. The third-order valence-corrected chi connectivity index (χ3v) is 5.75. The monoisotopic (exact) mass is 396 g/mol. The van der Waals surface area contributed by atoms with Crippen LogP contribution in [0.1, 0.15) is 155 Å². The summed E-state index contributed by atoms with van der Waals surface area (Å²) in [6.45, 7) is 5.17. The number of rotatable bonds is 23. The predicted octanol–water partition coefficient (Wildman–Crippen LogP) is 9.15. The molecule has 0 spiro atoms. The normalized spacial score (nSPS) is 11.1. The van der Waals surface area contributed by atoms with Crippen molar-refractivity contribution in [3.05, 3.63) is 0 Å². The van der Waals surface area contributed by atoms with Crippen LogP contribution in [0, 0.1) is 0 Å². The van der Waals surface area contributed by atoms with Gasteiger partial charge in [-0.3, -0.25) is 4.79 Å². The Kier molecular flexibility index (Phi) is 24.0. The molecule has 0 atom stereocenters. The number of carbonyl (C=O) groups excluding carboxylic acids is 1. The third-order valence-electron chi connectivity index (χ3n) is 5.75. The number of hydrogen-bond donors (Lipinski definition) is 0. The van der Waals surface area contributed by atoms with Crippen molar-refractivity contribution in [2.45, 2.75) is 155 Å². The molecule has 2 heteroatoms. The first-order chi connectivity index (χ1) is 13.8. The van der Waals surface area contributed by atoms with Crippen molar-refractivity contribution in [2.24, 2.45) is 0 Å². The number of hydrogen-bond acceptors (Lipinski definition) is 2. The van der Waals surface area contributed by atoms with Crippen LogP contribution < -0.4 is 0 Å². The van der Waals surface area contributed by atoms with Crippen molar-refractivity contribution in [3.8, 4) is 0 Å². The number of carbonyl (C=O) groups is 1. The summed E-state index contributed by atoms with van der Waals surface area (Å²) in [4.78, 5) is 11.7. The standard InChI is InChI=1S/C26H52O2/c1-3-5-7-9-11-13-14-15-16-17-19-21-23-25-28-26(27)24-22-20-18-12-10-8-6-4-2/h3-25H2,1-2H3. The van der Waals surface area contributed by atoms with Crippen molar-refractivity contribution < 1.29 is 9.53 Å². The number of esters is 1. The molecule has 2 nitrogen and oxygen atoms in total. The zero-order valence-corrected chi connectivity index (χ0v) is 19.6. The summed E-state index contributed by atoms with van der Waals surface area (Å²) < 4.78 is 5.36. The largest absolute Gasteiger partial charge is 0.466 e. The maximum Gasteiger partial charge on any atom is 0.305 e. The molecule has 0 N–H and O–H groups in total. The van der Waals surface area contributed by atoms with Crippen LogP contribution in [-0.4, -0.2) is 12.6 Å². The highest BCUT2D eigenvalue weighted by Crippen LogP contribution is 2.13. The van der Waals surface area contributed by atoms with Gasteiger partial charge >= 0.3 is 5.97 Å². The molecule has 0 aromatic rings. The molecule has 0 aromatic carbocycles. The van der Waals surface area contributed by atoms with E-state index in [9.17, 15) is 4.79 Å². The van der Waals surface area contributed by atoms with Gasteiger partial charge in [-0.15, -0.1) is 0 Å². The zero-order chi connectivity index (χ0) is 20.5. The van der Waals surface area contributed by atoms with Crippen LogP contribution in [0.4, 0.5) is 0 Å². The number of unbranched alkanes of at least 4 members (excludes halogenated alkanes) is 19. The minimum atomic E-state index is 0.0184. The molecule has 28 heavy (non-hydrogen) atoms. The van der Waals surface area contributed by atoms with E-state index in [0.717, 1.165) is 12.8 Å². The first kappa shape index (κ1) is 27.5. The maximum atomic E-state index is 11.7. The van der Waals surface area contributed by atoms with Crippen molar-refractivity contribution in [2.75, 3.05) is 6.61 Å². The lowest BCUT2D eigenvalue weighted by molar-refractivity contribution is -0.143. The van der Waals surface area contributed by atoms with Gasteiger partial charge in [0.1, 0.15) is 0 Å². The lowest BCUT2D eigenvalue weighted by atomic mass is 10.0. The summed E-state index contributed by atoms with van der Waals surface area (Å²) in [6.07, 6.45) is 28.4. The molecule has 0 saturated carbocycles. The Balaban J connectivity index is 3.12. The molecule has 0 radical (unpaired) electrons. The fourth-order valence-corrected chi connectivity index (χ4v) is 3.78. The highest BCUT2D eigenvalue weighted by Gasteiger charge is 2.02. The van der Waals surface area contributed by atoms with E-state index < -0.39 is 0 Å². The Morgan fingerprint density at radius 3 is 1.18 bits per heavy atom. The molecule has 0 heterocycles. The molecule has 0 aliphatic rings. The Hall–Kier alpha value is -0.530. The van der Waals surface area contributed by atoms with E-state index in [-0.39, 0.29) is 5.97 Å². The van der Waals surface area contributed by atoms with Crippen LogP contribution in [0.15, 0.2) is 0 Å². The quantitative estimate of drug-likeness (QED) is 0.127. The van der Waals surface area contributed by atoms with Crippen LogP contribution in [0.2, 0.25) is 0 Å². The summed E-state index contributed by atoms with van der Waals surface area (Å²) >= 11 is 0. The fourth-order valence-electron chi connectivity index (χ4n) is 3.78. The second-order valence-corrected chi connectivity index (χ2v) is 8.69. The Bertz CT molecular complexity index is 301. The summed E-state index contributed by atoms with van der Waals surface area (Å²) in [7, 11) is 0. The molecule has 0 rings (SSSR count). The van der Waals surface area contributed by atoms with E-state index >= 15 is 0 Å². The lowest BCUT2D eigenvalue weighted by Gasteiger charge is -2.05. The smallest absolute Gasteiger partial charge is 0.305 e. The summed E-state index contributed by atoms with van der Waals surface area (Å²) in [6, 6.07) is 0. The SMILES string of the molecule is CCCCCCCCCCCCCCCOC(=O)CCCCCCCCCC. The molecular weight excluding hydrogens is 344 g/mol. The molecule has 0 bridgehead atoms. The summed E-state index contributed by atoms with van der Waals surface area (Å²) in [5.41, 5.74) is 0. The van der Waals surface area contributed by atoms with Crippen LogP contribution in [0.5, 0.6) is 0 Å². The highest BCUT2D eigenvalue weighted by atomic mass is 16.5. The molecule has 0 saturated heterocycles. The van der Waals surface area contributed by atoms with Crippen molar-refractivity contribution >= 4 is 5.97 Å². The molecule has 168 valence electrons. The van der Waals surface area contributed by atoms with E-state index in [1.165, 1.54) is 122 Å². The molecule has 0 fully saturated rings. The van der Waals surface area contributed by atoms with E-state index in [1.54, 1.807) is 0 Å². The molecule has 0 amide bonds. The van der Waals surface area contributed by atoms with Gasteiger partial charge < -0.3 is 4.74 Å². The first-order valence-corrected chi connectivity index (χ1v) is 13.0. The van der Waals surface area contributed by atoms with Crippen LogP contribution in [-0.2, 0) is 9.53 Å². The summed E-state index contributed by atoms with van der Waals surface area (Å²) in [5.74, 6) is 0.0184. The topological polar surface area (TPSA) is 26.3 Å². The average Bonchev–Trinajstić information content (AvgIpc) is 2.70. The van der Waals surface area contributed by atoms with E-state index in [1.807, 2.05) is 0 Å². The van der Waals surface area contributed by atoms with Gasteiger partial charge in [0.05, 0.1) is 6.61 Å². The predicted molar refractivity (Wildman–Crippen MR) is 124 cm³/mol. The van der Waals surface area contributed by atoms with Gasteiger partial charge in [0.25, 0.3) is 0 Å². The van der Waals surface area contributed by atoms with Crippen molar-refractivity contribution in [3.63, 3.8) is 0 Å². The van der Waals surface area contributed by atoms with Crippen LogP contribution >= 0.6 is 0 Å². The molecular formula is C26H52O2. The van der Waals surface area contributed by atoms with Gasteiger partial charge in [-0.1, -0.05) is 136 Å². The average molecular weight is 397 g/mol. The molecule has 0 aliphatic carbocycles. The van der Waals surface area contributed by atoms with Gasteiger partial charge in [-0.2, -0.15) is 0 Å². The Labute approximate surface area is 177 Å². The van der Waals surface area contributed by atoms with Gasteiger partial charge in [0, 0.05) is 6.42 Å². The minimum Gasteiger partial charge on any atom is -0.466 e. The van der Waals surface area contributed by atoms with Gasteiger partial charge in [-0.25, -0.2) is 0 Å². The van der Waals surface area contributed by atoms with Crippen LogP contribution in [0.25, 0.3) is 0 Å². The van der Waals surface area contributed by atoms with Gasteiger partial charge in [-0.05, 0) is 12.8 Å². The second kappa shape index (κ2) is 24.5. The maximum absolute atomic E-state index is 11.7. The van der Waals surface area contributed by atoms with Crippen molar-refractivity contribution in [1.82, 2.24) is 0 Å². The van der Waals surface area contributed by atoms with Crippen molar-refractivity contribution in [1.29, 1.82) is 0 Å². The minimum absolute atomic E-state index is 0.0184. The van der Waals surface area contributed by atoms with E-state index in [4.69, 9.17) is 4.74 Å². The number of ether oxygens (including phenoxy) is 1. The van der Waals surface area contributed by atoms with Gasteiger partial charge in [0.15, 0.2) is 0 Å². The Morgan fingerprint density at radius 2 is 0.786 bits per heavy atom. The van der Waals surface area contributed by atoms with Gasteiger partial charge in [0.2, 0.25) is 0 Å². The van der Waals surface area contributed by atoms with Crippen LogP contribution in [0.3, 0.4) is 0 Å². The molecule has 0 aliphatic heterocycles. The zero-order valence-electron chi connectivity index (χ0n) is 19.6. The fraction of sp³-hybridized carbons (Fsp3) is 0.962.